The van der Waals surface area contributed by atoms with Gasteiger partial charge in [0.15, 0.2) is 5.96 Å². The number of nitrogens with zero attached hydrogens (tertiary/aromatic N) is 1. The molecule has 1 aromatic carbocycles. The first kappa shape index (κ1) is 13.6. The molecule has 4 nitrogen and oxygen atoms in total. The lowest BCUT2D eigenvalue weighted by Crippen LogP contribution is -2.25. The van der Waals surface area contributed by atoms with E-state index in [1.807, 2.05) is 19.1 Å². The second kappa shape index (κ2) is 5.03. The van der Waals surface area contributed by atoms with Gasteiger partial charge in [0.2, 0.25) is 0 Å². The van der Waals surface area contributed by atoms with Crippen LogP contribution in [0.2, 0.25) is 0 Å². The molecule has 1 heterocycles. The molecule has 4 heteroatoms. The predicted octanol–water partition coefficient (Wildman–Crippen LogP) is 2.12. The lowest BCUT2D eigenvalue weighted by atomic mass is 9.86. The van der Waals surface area contributed by atoms with Crippen molar-refractivity contribution in [2.75, 3.05) is 6.54 Å². The topological polar surface area (TPSA) is 53.5 Å². The Morgan fingerprint density at radius 1 is 1.21 bits per heavy atom. The summed E-state index contributed by atoms with van der Waals surface area (Å²) in [7, 11) is 0. The normalized spacial score (nSPS) is 21.4. The van der Waals surface area contributed by atoms with Crippen LogP contribution in [-0.4, -0.2) is 18.4 Å². The van der Waals surface area contributed by atoms with Crippen LogP contribution in [0.4, 0.5) is 0 Å². The fraction of sp³-hybridized carbons (Fsp3) is 0.467. The molecule has 1 saturated heterocycles. The minimum atomic E-state index is -0.334. The number of rotatable bonds is 2. The van der Waals surface area contributed by atoms with Gasteiger partial charge in [-0.3, -0.25) is 15.1 Å². The highest BCUT2D eigenvalue weighted by atomic mass is 16.2. The van der Waals surface area contributed by atoms with E-state index in [1.54, 1.807) is 0 Å². The molecule has 1 aromatic rings. The number of aliphatic imine (C=N–C) groups is 1. The second-order valence-corrected chi connectivity index (χ2v) is 5.76. The molecule has 0 aliphatic carbocycles. The maximum atomic E-state index is 11.9. The molecule has 0 bridgehead atoms. The standard InChI is InChI=1S/C15H21N3O/c1-5-16-14-17-12(13(19)18-14)10-6-8-11(9-7-10)15(2,3)4/h6-9,12H,5H2,1-4H3,(H2,16,17,18,19). The SMILES string of the molecule is CCN=C1NC(=O)C(c2ccc(C(C)(C)C)cc2)N1. The van der Waals surface area contributed by atoms with Crippen molar-refractivity contribution in [3.8, 4) is 0 Å². The predicted molar refractivity (Wildman–Crippen MR) is 77.1 cm³/mol. The zero-order chi connectivity index (χ0) is 14.0. The minimum absolute atomic E-state index is 0.0456. The summed E-state index contributed by atoms with van der Waals surface area (Å²) >= 11 is 0. The largest absolute Gasteiger partial charge is 0.340 e. The van der Waals surface area contributed by atoms with Crippen molar-refractivity contribution in [1.82, 2.24) is 10.6 Å². The Balaban J connectivity index is 2.20. The highest BCUT2D eigenvalue weighted by molar-refractivity contribution is 6.06. The summed E-state index contributed by atoms with van der Waals surface area (Å²) in [5.41, 5.74) is 2.35. The van der Waals surface area contributed by atoms with E-state index in [0.717, 1.165) is 5.56 Å². The van der Waals surface area contributed by atoms with Gasteiger partial charge in [0.05, 0.1) is 0 Å². The van der Waals surface area contributed by atoms with Gasteiger partial charge in [0, 0.05) is 6.54 Å². The molecule has 1 aliphatic heterocycles. The molecule has 0 spiro atoms. The molecular formula is C15H21N3O. The summed E-state index contributed by atoms with van der Waals surface area (Å²) < 4.78 is 0. The summed E-state index contributed by atoms with van der Waals surface area (Å²) in [5.74, 6) is 0.521. The van der Waals surface area contributed by atoms with Gasteiger partial charge in [-0.05, 0) is 23.5 Å². The van der Waals surface area contributed by atoms with Gasteiger partial charge >= 0.3 is 0 Å². The molecule has 0 radical (unpaired) electrons. The molecule has 1 aliphatic rings. The van der Waals surface area contributed by atoms with Crippen LogP contribution in [0.25, 0.3) is 0 Å². The van der Waals surface area contributed by atoms with Crippen LogP contribution in [-0.2, 0) is 10.2 Å². The minimum Gasteiger partial charge on any atom is -0.340 e. The zero-order valence-corrected chi connectivity index (χ0v) is 11.9. The van der Waals surface area contributed by atoms with Gasteiger partial charge in [-0.25, -0.2) is 0 Å². The number of amides is 1. The molecule has 1 unspecified atom stereocenters. The fourth-order valence-corrected chi connectivity index (χ4v) is 2.08. The molecule has 19 heavy (non-hydrogen) atoms. The summed E-state index contributed by atoms with van der Waals surface area (Å²) in [6, 6.07) is 7.84. The lowest BCUT2D eigenvalue weighted by molar-refractivity contribution is -0.120. The third-order valence-corrected chi connectivity index (χ3v) is 3.21. The highest BCUT2D eigenvalue weighted by Gasteiger charge is 2.29. The van der Waals surface area contributed by atoms with E-state index in [9.17, 15) is 4.79 Å². The molecule has 2 rings (SSSR count). The van der Waals surface area contributed by atoms with Gasteiger partial charge in [0.1, 0.15) is 6.04 Å². The Labute approximate surface area is 114 Å². The van der Waals surface area contributed by atoms with Crippen LogP contribution in [0.3, 0.4) is 0 Å². The lowest BCUT2D eigenvalue weighted by Gasteiger charge is -2.19. The summed E-state index contributed by atoms with van der Waals surface area (Å²) in [6.07, 6.45) is 0. The first-order chi connectivity index (χ1) is 8.91. The van der Waals surface area contributed by atoms with E-state index in [1.165, 1.54) is 5.56 Å². The summed E-state index contributed by atoms with van der Waals surface area (Å²) in [4.78, 5) is 16.1. The van der Waals surface area contributed by atoms with E-state index in [-0.39, 0.29) is 17.4 Å². The Morgan fingerprint density at radius 3 is 2.37 bits per heavy atom. The second-order valence-electron chi connectivity index (χ2n) is 5.76. The Bertz CT molecular complexity index is 497. The third kappa shape index (κ3) is 2.95. The molecule has 1 atom stereocenters. The first-order valence-electron chi connectivity index (χ1n) is 6.64. The quantitative estimate of drug-likeness (QED) is 0.854. The molecule has 1 fully saturated rings. The fourth-order valence-electron chi connectivity index (χ4n) is 2.08. The maximum absolute atomic E-state index is 11.9. The van der Waals surface area contributed by atoms with Crippen LogP contribution in [0.5, 0.6) is 0 Å². The van der Waals surface area contributed by atoms with Crippen LogP contribution in [0.15, 0.2) is 29.3 Å². The average Bonchev–Trinajstić information content (AvgIpc) is 2.70. The number of carbonyl (C=O) groups excluding carboxylic acids is 1. The van der Waals surface area contributed by atoms with Crippen LogP contribution < -0.4 is 10.6 Å². The summed E-state index contributed by atoms with van der Waals surface area (Å²) in [5, 5.41) is 5.85. The molecule has 0 aromatic heterocycles. The molecular weight excluding hydrogens is 238 g/mol. The van der Waals surface area contributed by atoms with Crippen molar-refractivity contribution < 1.29 is 4.79 Å². The monoisotopic (exact) mass is 259 g/mol. The zero-order valence-electron chi connectivity index (χ0n) is 11.9. The summed E-state index contributed by atoms with van der Waals surface area (Å²) in [6.45, 7) is 9.11. The third-order valence-electron chi connectivity index (χ3n) is 3.21. The van der Waals surface area contributed by atoms with Crippen molar-refractivity contribution in [2.24, 2.45) is 4.99 Å². The van der Waals surface area contributed by atoms with Crippen LogP contribution in [0, 0.1) is 0 Å². The van der Waals surface area contributed by atoms with Gasteiger partial charge < -0.3 is 5.32 Å². The van der Waals surface area contributed by atoms with Crippen molar-refractivity contribution >= 4 is 11.9 Å². The van der Waals surface area contributed by atoms with E-state index < -0.39 is 0 Å². The molecule has 1 amide bonds. The van der Waals surface area contributed by atoms with Crippen molar-refractivity contribution in [3.05, 3.63) is 35.4 Å². The van der Waals surface area contributed by atoms with E-state index in [4.69, 9.17) is 0 Å². The Morgan fingerprint density at radius 2 is 1.84 bits per heavy atom. The number of carbonyl (C=O) groups is 1. The first-order valence-corrected chi connectivity index (χ1v) is 6.64. The number of nitrogens with one attached hydrogen (secondary N) is 2. The molecule has 2 N–H and O–H groups in total. The molecule has 0 saturated carbocycles. The van der Waals surface area contributed by atoms with E-state index in [0.29, 0.717) is 12.5 Å². The highest BCUT2D eigenvalue weighted by Crippen LogP contribution is 2.24. The maximum Gasteiger partial charge on any atom is 0.253 e. The smallest absolute Gasteiger partial charge is 0.253 e. The van der Waals surface area contributed by atoms with Gasteiger partial charge in [-0.1, -0.05) is 45.0 Å². The Kier molecular flexibility index (Phi) is 3.60. The number of hydrogen-bond acceptors (Lipinski definition) is 2. The van der Waals surface area contributed by atoms with Crippen LogP contribution in [0.1, 0.15) is 44.9 Å². The van der Waals surface area contributed by atoms with E-state index in [2.05, 4.69) is 48.5 Å². The average molecular weight is 259 g/mol. The van der Waals surface area contributed by atoms with Crippen molar-refractivity contribution in [1.29, 1.82) is 0 Å². The van der Waals surface area contributed by atoms with E-state index >= 15 is 0 Å². The number of benzene rings is 1. The van der Waals surface area contributed by atoms with Gasteiger partial charge in [-0.15, -0.1) is 0 Å². The van der Waals surface area contributed by atoms with Gasteiger partial charge in [-0.2, -0.15) is 0 Å². The van der Waals surface area contributed by atoms with Gasteiger partial charge in [0.25, 0.3) is 5.91 Å². The molecule has 102 valence electrons. The van der Waals surface area contributed by atoms with Crippen molar-refractivity contribution in [2.45, 2.75) is 39.2 Å². The number of guanidine groups is 1. The van der Waals surface area contributed by atoms with Crippen molar-refractivity contribution in [3.63, 3.8) is 0 Å². The van der Waals surface area contributed by atoms with Crippen LogP contribution >= 0.6 is 0 Å². The Hall–Kier alpha value is -1.84. The number of hydrogen-bond donors (Lipinski definition) is 2.